The summed E-state index contributed by atoms with van der Waals surface area (Å²) in [6, 6.07) is 4.60. The lowest BCUT2D eigenvalue weighted by molar-refractivity contribution is -0.118. The van der Waals surface area contributed by atoms with Gasteiger partial charge < -0.3 is 10.6 Å². The number of amides is 1. The molecule has 0 aromatic heterocycles. The van der Waals surface area contributed by atoms with Crippen molar-refractivity contribution >= 4 is 11.6 Å². The molecule has 1 fully saturated rings. The van der Waals surface area contributed by atoms with E-state index in [0.29, 0.717) is 5.69 Å². The molecule has 0 spiro atoms. The smallest absolute Gasteiger partial charge is 0.241 e. The number of hydrogen-bond acceptors (Lipinski definition) is 2. The molecule has 0 radical (unpaired) electrons. The topological polar surface area (TPSA) is 41.1 Å². The molecule has 3 nitrogen and oxygen atoms in total. The third-order valence-corrected chi connectivity index (χ3v) is 3.35. The lowest BCUT2D eigenvalue weighted by Crippen LogP contribution is -2.40. The standard InChI is InChI=1S/C14H19FN2O/c1-10-6-5-7-11(15)13(10)17-14(18)12-8-3-2-4-9-16-12/h5-7,12,16H,2-4,8-9H2,1H3,(H,17,18). The van der Waals surface area contributed by atoms with Crippen LogP contribution >= 0.6 is 0 Å². The fraction of sp³-hybridized carbons (Fsp3) is 0.500. The number of anilines is 1. The van der Waals surface area contributed by atoms with Gasteiger partial charge in [-0.25, -0.2) is 4.39 Å². The van der Waals surface area contributed by atoms with E-state index in [2.05, 4.69) is 10.6 Å². The molecule has 18 heavy (non-hydrogen) atoms. The Hall–Kier alpha value is -1.42. The maximum absolute atomic E-state index is 13.6. The first-order valence-corrected chi connectivity index (χ1v) is 6.48. The van der Waals surface area contributed by atoms with Crippen molar-refractivity contribution in [2.24, 2.45) is 0 Å². The Bertz CT molecular complexity index is 406. The molecule has 1 saturated heterocycles. The van der Waals surface area contributed by atoms with E-state index in [9.17, 15) is 9.18 Å². The number of rotatable bonds is 2. The first-order valence-electron chi connectivity index (χ1n) is 6.48. The van der Waals surface area contributed by atoms with Crippen molar-refractivity contribution in [3.63, 3.8) is 0 Å². The molecule has 0 bridgehead atoms. The van der Waals surface area contributed by atoms with Crippen LogP contribution < -0.4 is 10.6 Å². The largest absolute Gasteiger partial charge is 0.322 e. The van der Waals surface area contributed by atoms with Crippen molar-refractivity contribution in [2.75, 3.05) is 11.9 Å². The van der Waals surface area contributed by atoms with E-state index in [-0.39, 0.29) is 17.8 Å². The molecule has 1 aromatic carbocycles. The van der Waals surface area contributed by atoms with Gasteiger partial charge in [0.1, 0.15) is 5.82 Å². The Morgan fingerprint density at radius 2 is 2.22 bits per heavy atom. The van der Waals surface area contributed by atoms with Crippen molar-refractivity contribution < 1.29 is 9.18 Å². The van der Waals surface area contributed by atoms with Crippen molar-refractivity contribution in [1.82, 2.24) is 5.32 Å². The Morgan fingerprint density at radius 1 is 1.39 bits per heavy atom. The average molecular weight is 250 g/mol. The van der Waals surface area contributed by atoms with E-state index in [1.807, 2.05) is 0 Å². The molecule has 98 valence electrons. The Balaban J connectivity index is 2.06. The molecule has 1 heterocycles. The van der Waals surface area contributed by atoms with Gasteiger partial charge in [-0.15, -0.1) is 0 Å². The molecule has 1 amide bonds. The highest BCUT2D eigenvalue weighted by atomic mass is 19.1. The van der Waals surface area contributed by atoms with Gasteiger partial charge in [0.15, 0.2) is 0 Å². The maximum atomic E-state index is 13.6. The van der Waals surface area contributed by atoms with Crippen molar-refractivity contribution in [1.29, 1.82) is 0 Å². The molecular weight excluding hydrogens is 231 g/mol. The summed E-state index contributed by atoms with van der Waals surface area (Å²) in [6.45, 7) is 2.65. The zero-order valence-corrected chi connectivity index (χ0v) is 10.6. The predicted octanol–water partition coefficient (Wildman–Crippen LogP) is 2.60. The number of nitrogens with one attached hydrogen (secondary N) is 2. The molecule has 2 rings (SSSR count). The summed E-state index contributed by atoms with van der Waals surface area (Å²) in [6.07, 6.45) is 4.11. The number of para-hydroxylation sites is 1. The number of aryl methyl sites for hydroxylation is 1. The summed E-state index contributed by atoms with van der Waals surface area (Å²) in [5.41, 5.74) is 1.05. The van der Waals surface area contributed by atoms with Crippen LogP contribution in [-0.4, -0.2) is 18.5 Å². The summed E-state index contributed by atoms with van der Waals surface area (Å²) >= 11 is 0. The van der Waals surface area contributed by atoms with E-state index >= 15 is 0 Å². The molecule has 1 atom stereocenters. The van der Waals surface area contributed by atoms with Crippen LogP contribution in [0.5, 0.6) is 0 Å². The van der Waals surface area contributed by atoms with Crippen LogP contribution in [0.25, 0.3) is 0 Å². The highest BCUT2D eigenvalue weighted by Gasteiger charge is 2.20. The molecule has 1 aromatic rings. The van der Waals surface area contributed by atoms with Gasteiger partial charge in [-0.05, 0) is 37.9 Å². The molecule has 0 aliphatic carbocycles. The summed E-state index contributed by atoms with van der Waals surface area (Å²) in [5.74, 6) is -0.512. The predicted molar refractivity (Wildman–Crippen MR) is 70.0 cm³/mol. The lowest BCUT2D eigenvalue weighted by Gasteiger charge is -2.17. The zero-order chi connectivity index (χ0) is 13.0. The lowest BCUT2D eigenvalue weighted by atomic mass is 10.1. The normalized spacial score (nSPS) is 20.2. The van der Waals surface area contributed by atoms with E-state index in [1.165, 1.54) is 6.07 Å². The minimum atomic E-state index is -0.378. The molecule has 1 aliphatic rings. The quantitative estimate of drug-likeness (QED) is 0.847. The average Bonchev–Trinajstić information content (AvgIpc) is 2.62. The second kappa shape index (κ2) is 5.96. The molecule has 0 saturated carbocycles. The Kier molecular flexibility index (Phi) is 4.31. The third kappa shape index (κ3) is 3.07. The number of carbonyl (C=O) groups is 1. The summed E-state index contributed by atoms with van der Waals surface area (Å²) < 4.78 is 13.6. The van der Waals surface area contributed by atoms with Crippen molar-refractivity contribution in [3.05, 3.63) is 29.6 Å². The van der Waals surface area contributed by atoms with Gasteiger partial charge in [0.25, 0.3) is 0 Å². The minimum Gasteiger partial charge on any atom is -0.322 e. The summed E-state index contributed by atoms with van der Waals surface area (Å²) in [4.78, 5) is 12.1. The van der Waals surface area contributed by atoms with Gasteiger partial charge in [-0.3, -0.25) is 4.79 Å². The van der Waals surface area contributed by atoms with Crippen LogP contribution in [0, 0.1) is 12.7 Å². The summed E-state index contributed by atoms with van der Waals surface area (Å²) in [7, 11) is 0. The second-order valence-electron chi connectivity index (χ2n) is 4.78. The van der Waals surface area contributed by atoms with Gasteiger partial charge in [0, 0.05) is 0 Å². The van der Waals surface area contributed by atoms with Crippen LogP contribution in [0.2, 0.25) is 0 Å². The highest BCUT2D eigenvalue weighted by molar-refractivity contribution is 5.95. The van der Waals surface area contributed by atoms with Crippen LogP contribution in [0.4, 0.5) is 10.1 Å². The van der Waals surface area contributed by atoms with Gasteiger partial charge >= 0.3 is 0 Å². The molecular formula is C14H19FN2O. The van der Waals surface area contributed by atoms with Crippen molar-refractivity contribution in [2.45, 2.75) is 38.6 Å². The Labute approximate surface area is 107 Å². The zero-order valence-electron chi connectivity index (χ0n) is 10.6. The fourth-order valence-electron chi connectivity index (χ4n) is 2.25. The van der Waals surface area contributed by atoms with Crippen LogP contribution in [0.1, 0.15) is 31.2 Å². The first-order chi connectivity index (χ1) is 8.68. The monoisotopic (exact) mass is 250 g/mol. The van der Waals surface area contributed by atoms with E-state index in [4.69, 9.17) is 0 Å². The molecule has 1 aliphatic heterocycles. The molecule has 2 N–H and O–H groups in total. The fourth-order valence-corrected chi connectivity index (χ4v) is 2.25. The van der Waals surface area contributed by atoms with Crippen LogP contribution in [0.3, 0.4) is 0 Å². The van der Waals surface area contributed by atoms with Gasteiger partial charge in [-0.1, -0.05) is 25.0 Å². The highest BCUT2D eigenvalue weighted by Crippen LogP contribution is 2.19. The van der Waals surface area contributed by atoms with Gasteiger partial charge in [0.05, 0.1) is 11.7 Å². The van der Waals surface area contributed by atoms with E-state index in [0.717, 1.165) is 37.8 Å². The first kappa shape index (κ1) is 13.0. The number of hydrogen-bond donors (Lipinski definition) is 2. The van der Waals surface area contributed by atoms with Crippen LogP contribution in [-0.2, 0) is 4.79 Å². The second-order valence-corrected chi connectivity index (χ2v) is 4.78. The summed E-state index contributed by atoms with van der Waals surface area (Å²) in [5, 5.41) is 5.91. The van der Waals surface area contributed by atoms with Crippen LogP contribution in [0.15, 0.2) is 18.2 Å². The SMILES string of the molecule is Cc1cccc(F)c1NC(=O)C1CCCCCN1. The minimum absolute atomic E-state index is 0.134. The number of halogens is 1. The molecule has 4 heteroatoms. The molecule has 1 unspecified atom stereocenters. The number of carbonyl (C=O) groups excluding carboxylic acids is 1. The number of benzene rings is 1. The Morgan fingerprint density at radius 3 is 3.00 bits per heavy atom. The van der Waals surface area contributed by atoms with Gasteiger partial charge in [-0.2, -0.15) is 0 Å². The van der Waals surface area contributed by atoms with E-state index in [1.54, 1.807) is 19.1 Å². The van der Waals surface area contributed by atoms with E-state index < -0.39 is 0 Å². The maximum Gasteiger partial charge on any atom is 0.241 e. The van der Waals surface area contributed by atoms with Gasteiger partial charge in [0.2, 0.25) is 5.91 Å². The third-order valence-electron chi connectivity index (χ3n) is 3.35. The van der Waals surface area contributed by atoms with Crippen molar-refractivity contribution in [3.8, 4) is 0 Å².